The Morgan fingerprint density at radius 1 is 0.825 bits per heavy atom. The quantitative estimate of drug-likeness (QED) is 0.344. The highest BCUT2D eigenvalue weighted by Crippen LogP contribution is 2.33. The van der Waals surface area contributed by atoms with Crippen molar-refractivity contribution in [1.29, 1.82) is 0 Å². The number of hydrogen-bond acceptors (Lipinski definition) is 4. The highest BCUT2D eigenvalue weighted by Gasteiger charge is 2.29. The van der Waals surface area contributed by atoms with Crippen molar-refractivity contribution in [2.75, 3.05) is 45.7 Å². The summed E-state index contributed by atoms with van der Waals surface area (Å²) in [6.45, 7) is 3.32. The lowest BCUT2D eigenvalue weighted by atomic mass is 10.1. The summed E-state index contributed by atoms with van der Waals surface area (Å²) in [5, 5.41) is 2.89. The van der Waals surface area contributed by atoms with Crippen molar-refractivity contribution in [2.24, 2.45) is 0 Å². The normalized spacial score (nSPS) is 13.2. The highest BCUT2D eigenvalue weighted by atomic mass is 19.1. The van der Waals surface area contributed by atoms with Gasteiger partial charge in [0.05, 0.1) is 36.9 Å². The largest absolute Gasteiger partial charge is 0.497 e. The fourth-order valence-corrected chi connectivity index (χ4v) is 4.99. The molecular formula is C31H31FN4O4. The van der Waals surface area contributed by atoms with E-state index in [4.69, 9.17) is 9.47 Å². The first kappa shape index (κ1) is 26.8. The number of nitrogens with zero attached hydrogens (tertiary/aromatic N) is 3. The van der Waals surface area contributed by atoms with Gasteiger partial charge in [-0.15, -0.1) is 0 Å². The molecule has 0 radical (unpaired) electrons. The number of ether oxygens (including phenoxy) is 2. The molecule has 206 valence electrons. The predicted molar refractivity (Wildman–Crippen MR) is 152 cm³/mol. The molecule has 0 bridgehead atoms. The van der Waals surface area contributed by atoms with Gasteiger partial charge in [0.1, 0.15) is 17.3 Å². The number of rotatable bonds is 6. The van der Waals surface area contributed by atoms with Crippen LogP contribution in [-0.2, 0) is 0 Å². The number of urea groups is 1. The van der Waals surface area contributed by atoms with Gasteiger partial charge in [0, 0.05) is 37.4 Å². The van der Waals surface area contributed by atoms with E-state index in [1.807, 2.05) is 43.3 Å². The van der Waals surface area contributed by atoms with Crippen LogP contribution in [0.1, 0.15) is 16.1 Å². The Morgan fingerprint density at radius 2 is 1.52 bits per heavy atom. The van der Waals surface area contributed by atoms with Gasteiger partial charge >= 0.3 is 6.03 Å². The van der Waals surface area contributed by atoms with E-state index in [2.05, 4.69) is 5.32 Å². The van der Waals surface area contributed by atoms with Crippen molar-refractivity contribution in [3.8, 4) is 28.4 Å². The highest BCUT2D eigenvalue weighted by molar-refractivity contribution is 5.98. The van der Waals surface area contributed by atoms with Gasteiger partial charge in [-0.25, -0.2) is 9.18 Å². The predicted octanol–water partition coefficient (Wildman–Crippen LogP) is 5.60. The number of nitrogens with one attached hydrogen (secondary N) is 1. The number of carbonyl (C=O) groups excluding carboxylic acids is 2. The lowest BCUT2D eigenvalue weighted by Crippen LogP contribution is -2.51. The molecule has 1 N–H and O–H groups in total. The van der Waals surface area contributed by atoms with E-state index in [9.17, 15) is 14.0 Å². The lowest BCUT2D eigenvalue weighted by Gasteiger charge is -2.34. The Bertz CT molecular complexity index is 1540. The Balaban J connectivity index is 1.39. The number of halogens is 1. The fraction of sp³-hybridized carbons (Fsp3) is 0.226. The number of methoxy groups -OCH3 is 2. The number of hydrogen-bond donors (Lipinski definition) is 1. The summed E-state index contributed by atoms with van der Waals surface area (Å²) in [5.41, 5.74) is 3.53. The maximum atomic E-state index is 15.0. The minimum atomic E-state index is -0.390. The summed E-state index contributed by atoms with van der Waals surface area (Å²) in [7, 11) is 3.14. The number of carbonyl (C=O) groups is 2. The van der Waals surface area contributed by atoms with Crippen molar-refractivity contribution in [3.05, 3.63) is 95.9 Å². The van der Waals surface area contributed by atoms with Crippen LogP contribution in [0.4, 0.5) is 14.9 Å². The van der Waals surface area contributed by atoms with Crippen molar-refractivity contribution in [2.45, 2.75) is 6.92 Å². The number of amides is 3. The minimum absolute atomic E-state index is 0.165. The molecule has 2 heterocycles. The van der Waals surface area contributed by atoms with Crippen LogP contribution < -0.4 is 14.8 Å². The molecule has 3 amide bonds. The van der Waals surface area contributed by atoms with Crippen LogP contribution in [-0.4, -0.2) is 66.7 Å². The molecule has 5 rings (SSSR count). The molecular weight excluding hydrogens is 511 g/mol. The molecule has 9 heteroatoms. The van der Waals surface area contributed by atoms with E-state index in [0.29, 0.717) is 66.0 Å². The third kappa shape index (κ3) is 5.22. The van der Waals surface area contributed by atoms with E-state index in [1.54, 1.807) is 65.0 Å². The summed E-state index contributed by atoms with van der Waals surface area (Å²) in [6, 6.07) is 22.7. The number of benzene rings is 3. The number of aromatic nitrogens is 1. The molecule has 0 saturated carbocycles. The van der Waals surface area contributed by atoms with Crippen LogP contribution in [0.3, 0.4) is 0 Å². The number of anilines is 1. The molecule has 1 saturated heterocycles. The lowest BCUT2D eigenvalue weighted by molar-refractivity contribution is 0.0671. The van der Waals surface area contributed by atoms with Crippen LogP contribution >= 0.6 is 0 Å². The van der Waals surface area contributed by atoms with Crippen LogP contribution in [0.25, 0.3) is 16.9 Å². The van der Waals surface area contributed by atoms with Gasteiger partial charge < -0.3 is 29.2 Å². The van der Waals surface area contributed by atoms with Gasteiger partial charge in [-0.2, -0.15) is 0 Å². The van der Waals surface area contributed by atoms with E-state index in [-0.39, 0.29) is 17.8 Å². The second kappa shape index (κ2) is 11.5. The Hall–Kier alpha value is -4.79. The second-order valence-corrected chi connectivity index (χ2v) is 9.46. The van der Waals surface area contributed by atoms with E-state index in [0.717, 1.165) is 5.56 Å². The van der Waals surface area contributed by atoms with Crippen LogP contribution in [0, 0.1) is 12.7 Å². The molecule has 1 fully saturated rings. The maximum absolute atomic E-state index is 15.0. The molecule has 4 aromatic rings. The molecule has 1 aliphatic heterocycles. The summed E-state index contributed by atoms with van der Waals surface area (Å²) >= 11 is 0. The molecule has 1 aliphatic rings. The Labute approximate surface area is 232 Å². The Kier molecular flexibility index (Phi) is 7.72. The van der Waals surface area contributed by atoms with Gasteiger partial charge in [0.25, 0.3) is 5.91 Å². The fourth-order valence-electron chi connectivity index (χ4n) is 4.99. The van der Waals surface area contributed by atoms with Gasteiger partial charge in [-0.3, -0.25) is 4.79 Å². The monoisotopic (exact) mass is 542 g/mol. The maximum Gasteiger partial charge on any atom is 0.322 e. The first-order chi connectivity index (χ1) is 19.4. The van der Waals surface area contributed by atoms with Gasteiger partial charge in [0.15, 0.2) is 0 Å². The summed E-state index contributed by atoms with van der Waals surface area (Å²) in [4.78, 5) is 30.1. The van der Waals surface area contributed by atoms with Gasteiger partial charge in [0.2, 0.25) is 0 Å². The third-order valence-electron chi connectivity index (χ3n) is 7.14. The molecule has 0 aliphatic carbocycles. The topological polar surface area (TPSA) is 76.0 Å². The SMILES string of the molecule is COc1cccc(-c2cc(C(=O)N3CCN(C(=O)Nc4ccccc4OC)CC3)c(C)n2-c2ccccc2F)c1. The summed E-state index contributed by atoms with van der Waals surface area (Å²) in [5.74, 6) is 0.679. The Morgan fingerprint density at radius 3 is 2.25 bits per heavy atom. The van der Waals surface area contributed by atoms with Gasteiger partial charge in [-0.1, -0.05) is 36.4 Å². The molecule has 8 nitrogen and oxygen atoms in total. The first-order valence-corrected chi connectivity index (χ1v) is 13.0. The van der Waals surface area contributed by atoms with E-state index < -0.39 is 0 Å². The molecule has 40 heavy (non-hydrogen) atoms. The van der Waals surface area contributed by atoms with Crippen LogP contribution in [0.15, 0.2) is 78.9 Å². The summed E-state index contributed by atoms with van der Waals surface area (Å²) in [6.07, 6.45) is 0. The second-order valence-electron chi connectivity index (χ2n) is 9.46. The average Bonchev–Trinajstić information content (AvgIpc) is 3.34. The molecule has 0 spiro atoms. The van der Waals surface area contributed by atoms with Crippen LogP contribution in [0.2, 0.25) is 0 Å². The van der Waals surface area contributed by atoms with Crippen molar-refractivity contribution >= 4 is 17.6 Å². The zero-order chi connectivity index (χ0) is 28.2. The molecule has 0 unspecified atom stereocenters. The molecule has 1 aromatic heterocycles. The van der Waals surface area contributed by atoms with Gasteiger partial charge in [-0.05, 0) is 49.4 Å². The summed E-state index contributed by atoms with van der Waals surface area (Å²) < 4.78 is 27.5. The van der Waals surface area contributed by atoms with Crippen molar-refractivity contribution < 1.29 is 23.5 Å². The standard InChI is InChI=1S/C31H31FN4O4/c1-21-24(20-28(22-9-8-10-23(19-22)39-2)36(21)27-13-6-4-11-25(27)32)30(37)34-15-17-35(18-16-34)31(38)33-26-12-5-7-14-29(26)40-3/h4-14,19-20H,15-18H2,1-3H3,(H,33,38). The number of piperazine rings is 1. The van der Waals surface area contributed by atoms with E-state index >= 15 is 0 Å². The average molecular weight is 543 g/mol. The molecule has 3 aromatic carbocycles. The van der Waals surface area contributed by atoms with Crippen LogP contribution in [0.5, 0.6) is 11.5 Å². The number of para-hydroxylation sites is 3. The third-order valence-corrected chi connectivity index (χ3v) is 7.14. The van der Waals surface area contributed by atoms with Crippen molar-refractivity contribution in [3.63, 3.8) is 0 Å². The first-order valence-electron chi connectivity index (χ1n) is 13.0. The molecule has 0 atom stereocenters. The van der Waals surface area contributed by atoms with Crippen molar-refractivity contribution in [1.82, 2.24) is 14.4 Å². The minimum Gasteiger partial charge on any atom is -0.497 e. The zero-order valence-corrected chi connectivity index (χ0v) is 22.7. The smallest absolute Gasteiger partial charge is 0.322 e. The zero-order valence-electron chi connectivity index (χ0n) is 22.7. The van der Waals surface area contributed by atoms with E-state index in [1.165, 1.54) is 6.07 Å².